The number of hydrogen-bond acceptors (Lipinski definition) is 3. The molecule has 0 radical (unpaired) electrons. The van der Waals surface area contributed by atoms with Gasteiger partial charge in [-0.15, -0.1) is 0 Å². The van der Waals surface area contributed by atoms with Gasteiger partial charge in [0.05, 0.1) is 22.8 Å². The van der Waals surface area contributed by atoms with Crippen molar-refractivity contribution in [1.29, 1.82) is 0 Å². The largest absolute Gasteiger partial charge is 0.375 e. The van der Waals surface area contributed by atoms with E-state index in [1.807, 2.05) is 19.0 Å². The summed E-state index contributed by atoms with van der Waals surface area (Å²) in [4.78, 5) is 24.2. The smallest absolute Gasteiger partial charge is 0.231 e. The van der Waals surface area contributed by atoms with E-state index >= 15 is 0 Å². The molecule has 0 bridgehead atoms. The molecule has 0 heterocycles. The highest BCUT2D eigenvalue weighted by atomic mass is 35.5. The van der Waals surface area contributed by atoms with Crippen LogP contribution in [0.1, 0.15) is 13.3 Å². The zero-order valence-electron chi connectivity index (χ0n) is 10.1. The second-order valence-electron chi connectivity index (χ2n) is 3.96. The molecule has 0 aromatic heterocycles. The number of para-hydroxylation sites is 1. The van der Waals surface area contributed by atoms with Crippen LogP contribution in [0.15, 0.2) is 18.2 Å². The van der Waals surface area contributed by atoms with Gasteiger partial charge in [0.1, 0.15) is 5.78 Å². The third-order valence-electron chi connectivity index (χ3n) is 2.12. The second-order valence-corrected chi connectivity index (χ2v) is 4.36. The van der Waals surface area contributed by atoms with Crippen LogP contribution in [0.3, 0.4) is 0 Å². The molecule has 0 unspecified atom stereocenters. The van der Waals surface area contributed by atoms with Crippen LogP contribution >= 0.6 is 11.6 Å². The van der Waals surface area contributed by atoms with Crippen molar-refractivity contribution in [1.82, 2.24) is 0 Å². The summed E-state index contributed by atoms with van der Waals surface area (Å²) in [5.41, 5.74) is 1.33. The van der Waals surface area contributed by atoms with Gasteiger partial charge in [-0.05, 0) is 19.1 Å². The number of Topliss-reactive ketones (excluding diaryl/α,β-unsaturated/α-hetero) is 1. The lowest BCUT2D eigenvalue weighted by Crippen LogP contribution is -2.18. The summed E-state index contributed by atoms with van der Waals surface area (Å²) in [7, 11) is 3.67. The Kier molecular flexibility index (Phi) is 4.52. The number of nitrogens with zero attached hydrogens (tertiary/aromatic N) is 1. The van der Waals surface area contributed by atoms with Gasteiger partial charge < -0.3 is 10.2 Å². The van der Waals surface area contributed by atoms with Crippen LogP contribution in [-0.2, 0) is 9.59 Å². The molecular formula is C12H15ClN2O2. The lowest BCUT2D eigenvalue weighted by molar-refractivity contribution is -0.124. The van der Waals surface area contributed by atoms with E-state index in [0.29, 0.717) is 10.7 Å². The summed E-state index contributed by atoms with van der Waals surface area (Å²) in [5.74, 6) is -0.501. The lowest BCUT2D eigenvalue weighted by Gasteiger charge is -2.19. The molecule has 4 nitrogen and oxygen atoms in total. The third kappa shape index (κ3) is 3.75. The molecule has 17 heavy (non-hydrogen) atoms. The van der Waals surface area contributed by atoms with Gasteiger partial charge in [0.15, 0.2) is 0 Å². The van der Waals surface area contributed by atoms with Crippen molar-refractivity contribution < 1.29 is 9.59 Å². The fourth-order valence-electron chi connectivity index (χ4n) is 1.49. The molecule has 0 saturated carbocycles. The van der Waals surface area contributed by atoms with Gasteiger partial charge in [0.25, 0.3) is 0 Å². The average molecular weight is 255 g/mol. The predicted octanol–water partition coefficient (Wildman–Crippen LogP) is 2.32. The highest BCUT2D eigenvalue weighted by Gasteiger charge is 2.12. The second kappa shape index (κ2) is 5.68. The van der Waals surface area contributed by atoms with Crippen LogP contribution in [0.2, 0.25) is 5.02 Å². The molecule has 1 aromatic rings. The Hall–Kier alpha value is -1.55. The summed E-state index contributed by atoms with van der Waals surface area (Å²) < 4.78 is 0. The Morgan fingerprint density at radius 3 is 2.53 bits per heavy atom. The first-order valence-corrected chi connectivity index (χ1v) is 5.54. The van der Waals surface area contributed by atoms with Crippen molar-refractivity contribution in [3.8, 4) is 0 Å². The minimum Gasteiger partial charge on any atom is -0.375 e. The number of anilines is 2. The quantitative estimate of drug-likeness (QED) is 0.839. The summed E-state index contributed by atoms with van der Waals surface area (Å²) >= 11 is 6.05. The van der Waals surface area contributed by atoms with Gasteiger partial charge in [-0.25, -0.2) is 0 Å². The normalized spacial score (nSPS) is 9.88. The van der Waals surface area contributed by atoms with E-state index in [-0.39, 0.29) is 18.1 Å². The number of rotatable bonds is 4. The minimum atomic E-state index is -0.331. The third-order valence-corrected chi connectivity index (χ3v) is 2.42. The number of halogens is 1. The molecule has 0 spiro atoms. The van der Waals surface area contributed by atoms with Crippen LogP contribution in [0.5, 0.6) is 0 Å². The van der Waals surface area contributed by atoms with Crippen LogP contribution < -0.4 is 10.2 Å². The summed E-state index contributed by atoms with van der Waals surface area (Å²) in [6.07, 6.45) is -0.126. The summed E-state index contributed by atoms with van der Waals surface area (Å²) in [6.45, 7) is 1.38. The molecule has 92 valence electrons. The van der Waals surface area contributed by atoms with E-state index in [2.05, 4.69) is 5.32 Å². The monoisotopic (exact) mass is 254 g/mol. The number of carbonyl (C=O) groups is 2. The van der Waals surface area contributed by atoms with Crippen LogP contribution in [-0.4, -0.2) is 25.8 Å². The van der Waals surface area contributed by atoms with Crippen molar-refractivity contribution in [3.05, 3.63) is 23.2 Å². The molecule has 0 fully saturated rings. The number of carbonyl (C=O) groups excluding carboxylic acids is 2. The molecule has 0 aliphatic rings. The highest BCUT2D eigenvalue weighted by Crippen LogP contribution is 2.32. The van der Waals surface area contributed by atoms with Crippen molar-refractivity contribution in [3.63, 3.8) is 0 Å². The number of nitrogens with one attached hydrogen (secondary N) is 1. The van der Waals surface area contributed by atoms with E-state index in [9.17, 15) is 9.59 Å². The fraction of sp³-hybridized carbons (Fsp3) is 0.333. The van der Waals surface area contributed by atoms with Crippen LogP contribution in [0.4, 0.5) is 11.4 Å². The van der Waals surface area contributed by atoms with E-state index < -0.39 is 0 Å². The van der Waals surface area contributed by atoms with Gasteiger partial charge >= 0.3 is 0 Å². The summed E-state index contributed by atoms with van der Waals surface area (Å²) in [5, 5.41) is 3.23. The van der Waals surface area contributed by atoms with Gasteiger partial charge in [-0.2, -0.15) is 0 Å². The maximum absolute atomic E-state index is 11.5. The molecule has 1 aromatic carbocycles. The Morgan fingerprint density at radius 2 is 2.00 bits per heavy atom. The van der Waals surface area contributed by atoms with Crippen molar-refractivity contribution in [2.75, 3.05) is 24.3 Å². The summed E-state index contributed by atoms with van der Waals surface area (Å²) in [6, 6.07) is 5.25. The fourth-order valence-corrected chi connectivity index (χ4v) is 1.83. The number of benzene rings is 1. The van der Waals surface area contributed by atoms with Gasteiger partial charge in [-0.1, -0.05) is 17.7 Å². The van der Waals surface area contributed by atoms with Crippen LogP contribution in [0.25, 0.3) is 0 Å². The lowest BCUT2D eigenvalue weighted by atomic mass is 10.2. The zero-order chi connectivity index (χ0) is 13.0. The first-order valence-electron chi connectivity index (χ1n) is 5.17. The number of amides is 1. The van der Waals surface area contributed by atoms with E-state index in [4.69, 9.17) is 11.6 Å². The Morgan fingerprint density at radius 1 is 1.35 bits per heavy atom. The molecule has 1 N–H and O–H groups in total. The van der Waals surface area contributed by atoms with Gasteiger partial charge in [0, 0.05) is 14.1 Å². The van der Waals surface area contributed by atoms with E-state index in [1.54, 1.807) is 18.2 Å². The van der Waals surface area contributed by atoms with Gasteiger partial charge in [0.2, 0.25) is 5.91 Å². The highest BCUT2D eigenvalue weighted by molar-refractivity contribution is 6.34. The topological polar surface area (TPSA) is 49.4 Å². The maximum atomic E-state index is 11.5. The molecule has 0 saturated heterocycles. The molecule has 0 aliphatic heterocycles. The first kappa shape index (κ1) is 13.5. The predicted molar refractivity (Wildman–Crippen MR) is 69.7 cm³/mol. The van der Waals surface area contributed by atoms with E-state index in [0.717, 1.165) is 5.69 Å². The Balaban J connectivity index is 2.94. The minimum absolute atomic E-state index is 0.126. The van der Waals surface area contributed by atoms with Gasteiger partial charge in [-0.3, -0.25) is 9.59 Å². The average Bonchev–Trinajstić information content (AvgIpc) is 2.15. The van der Waals surface area contributed by atoms with Crippen molar-refractivity contribution in [2.45, 2.75) is 13.3 Å². The maximum Gasteiger partial charge on any atom is 0.231 e. The number of hydrogen-bond donors (Lipinski definition) is 1. The Bertz CT molecular complexity index is 444. The molecule has 1 amide bonds. The molecular weight excluding hydrogens is 240 g/mol. The SMILES string of the molecule is CC(=O)CC(=O)Nc1cccc(Cl)c1N(C)C. The molecule has 0 aliphatic carbocycles. The van der Waals surface area contributed by atoms with Crippen molar-refractivity contribution >= 4 is 34.7 Å². The number of ketones is 1. The zero-order valence-corrected chi connectivity index (χ0v) is 10.8. The molecule has 1 rings (SSSR count). The standard InChI is InChI=1S/C12H15ClN2O2/c1-8(16)7-11(17)14-10-6-4-5-9(13)12(10)15(2)3/h4-6H,7H2,1-3H3,(H,14,17). The van der Waals surface area contributed by atoms with Crippen LogP contribution in [0, 0.1) is 0 Å². The molecule has 0 atom stereocenters. The first-order chi connectivity index (χ1) is 7.91. The molecule has 5 heteroatoms. The van der Waals surface area contributed by atoms with E-state index in [1.165, 1.54) is 6.92 Å². The Labute approximate surface area is 106 Å². The van der Waals surface area contributed by atoms with Crippen molar-refractivity contribution in [2.24, 2.45) is 0 Å².